The Morgan fingerprint density at radius 3 is 2.76 bits per heavy atom. The first-order valence-electron chi connectivity index (χ1n) is 8.70. The van der Waals surface area contributed by atoms with Crippen molar-refractivity contribution in [2.24, 2.45) is 5.92 Å². The molecular formula is C18H27ClN2O3S. The summed E-state index contributed by atoms with van der Waals surface area (Å²) in [6, 6.07) is 5.22. The highest BCUT2D eigenvalue weighted by Gasteiger charge is 2.23. The van der Waals surface area contributed by atoms with Gasteiger partial charge in [0.2, 0.25) is 15.9 Å². The van der Waals surface area contributed by atoms with Crippen molar-refractivity contribution in [1.82, 2.24) is 4.90 Å². The predicted octanol–water partition coefficient (Wildman–Crippen LogP) is 3.45. The molecule has 1 heterocycles. The molecule has 0 saturated carbocycles. The molecule has 0 aliphatic carbocycles. The number of sulfonamides is 1. The second-order valence-corrected chi connectivity index (χ2v) is 9.22. The van der Waals surface area contributed by atoms with Crippen LogP contribution in [0.15, 0.2) is 18.2 Å². The molecule has 1 aliphatic rings. The van der Waals surface area contributed by atoms with Crippen LogP contribution < -0.4 is 4.31 Å². The zero-order chi connectivity index (χ0) is 18.6. The van der Waals surface area contributed by atoms with Crippen LogP contribution in [0.4, 0.5) is 5.69 Å². The quantitative estimate of drug-likeness (QED) is 0.752. The lowest BCUT2D eigenvalue weighted by Crippen LogP contribution is -2.39. The van der Waals surface area contributed by atoms with Crippen molar-refractivity contribution in [2.45, 2.75) is 39.5 Å². The third-order valence-corrected chi connectivity index (χ3v) is 6.26. The van der Waals surface area contributed by atoms with Crippen LogP contribution in [0.5, 0.6) is 0 Å². The summed E-state index contributed by atoms with van der Waals surface area (Å²) in [5.41, 5.74) is 1.31. The molecule has 0 aromatic heterocycles. The van der Waals surface area contributed by atoms with E-state index in [0.717, 1.165) is 25.1 Å². The third-order valence-electron chi connectivity index (χ3n) is 4.67. The highest BCUT2D eigenvalue weighted by molar-refractivity contribution is 7.92. The smallest absolute Gasteiger partial charge is 0.232 e. The van der Waals surface area contributed by atoms with Crippen molar-refractivity contribution < 1.29 is 13.2 Å². The molecule has 1 amide bonds. The van der Waals surface area contributed by atoms with E-state index in [9.17, 15) is 13.2 Å². The Morgan fingerprint density at radius 2 is 2.12 bits per heavy atom. The molecule has 0 bridgehead atoms. The van der Waals surface area contributed by atoms with Crippen LogP contribution in [0.2, 0.25) is 5.02 Å². The Balaban J connectivity index is 2.02. The van der Waals surface area contributed by atoms with Crippen molar-refractivity contribution in [1.29, 1.82) is 0 Å². The lowest BCUT2D eigenvalue weighted by Gasteiger charge is -2.31. The van der Waals surface area contributed by atoms with Crippen LogP contribution in [0.1, 0.15) is 38.2 Å². The Bertz CT molecular complexity index is 721. The van der Waals surface area contributed by atoms with E-state index in [2.05, 4.69) is 6.92 Å². The molecule has 1 aromatic carbocycles. The Labute approximate surface area is 156 Å². The van der Waals surface area contributed by atoms with Gasteiger partial charge in [-0.25, -0.2) is 8.42 Å². The van der Waals surface area contributed by atoms with E-state index in [1.165, 1.54) is 17.0 Å². The Morgan fingerprint density at radius 1 is 1.40 bits per heavy atom. The molecule has 7 heteroatoms. The van der Waals surface area contributed by atoms with E-state index in [1.54, 1.807) is 25.1 Å². The minimum Gasteiger partial charge on any atom is -0.342 e. The number of nitrogens with zero attached hydrogens (tertiary/aromatic N) is 2. The summed E-state index contributed by atoms with van der Waals surface area (Å²) in [7, 11) is -3.44. The van der Waals surface area contributed by atoms with Gasteiger partial charge in [-0.15, -0.1) is 0 Å². The summed E-state index contributed by atoms with van der Waals surface area (Å²) in [5.74, 6) is 0.655. The van der Waals surface area contributed by atoms with Gasteiger partial charge in [-0.05, 0) is 49.8 Å². The molecule has 140 valence electrons. The van der Waals surface area contributed by atoms with E-state index in [1.807, 2.05) is 4.90 Å². The monoisotopic (exact) mass is 386 g/mol. The summed E-state index contributed by atoms with van der Waals surface area (Å²) in [4.78, 5) is 14.3. The fourth-order valence-corrected chi connectivity index (χ4v) is 4.46. The molecule has 1 saturated heterocycles. The van der Waals surface area contributed by atoms with E-state index < -0.39 is 10.0 Å². The maximum Gasteiger partial charge on any atom is 0.232 e. The van der Waals surface area contributed by atoms with Gasteiger partial charge in [0, 0.05) is 31.1 Å². The molecule has 1 atom stereocenters. The van der Waals surface area contributed by atoms with Crippen LogP contribution in [0, 0.1) is 12.8 Å². The van der Waals surface area contributed by atoms with E-state index in [0.29, 0.717) is 29.5 Å². The van der Waals surface area contributed by atoms with Crippen molar-refractivity contribution in [3.05, 3.63) is 28.8 Å². The zero-order valence-electron chi connectivity index (χ0n) is 15.2. The fraction of sp³-hybridized carbons (Fsp3) is 0.611. The van der Waals surface area contributed by atoms with Gasteiger partial charge in [-0.2, -0.15) is 0 Å². The maximum atomic E-state index is 12.4. The topological polar surface area (TPSA) is 57.7 Å². The average molecular weight is 387 g/mol. The van der Waals surface area contributed by atoms with Gasteiger partial charge in [0.25, 0.3) is 0 Å². The van der Waals surface area contributed by atoms with Crippen molar-refractivity contribution >= 4 is 33.2 Å². The number of piperidine rings is 1. The molecule has 5 nitrogen and oxygen atoms in total. The van der Waals surface area contributed by atoms with E-state index in [-0.39, 0.29) is 12.5 Å². The van der Waals surface area contributed by atoms with Crippen LogP contribution >= 0.6 is 11.6 Å². The molecular weight excluding hydrogens is 360 g/mol. The molecule has 0 unspecified atom stereocenters. The minimum absolute atomic E-state index is 0.114. The van der Waals surface area contributed by atoms with Gasteiger partial charge in [0.15, 0.2) is 0 Å². The highest BCUT2D eigenvalue weighted by atomic mass is 35.5. The summed E-state index contributed by atoms with van der Waals surface area (Å²) in [6.45, 7) is 5.85. The Hall–Kier alpha value is -1.27. The molecule has 1 fully saturated rings. The Kier molecular flexibility index (Phi) is 6.74. The molecule has 1 aromatic rings. The highest BCUT2D eigenvalue weighted by Crippen LogP contribution is 2.28. The summed E-state index contributed by atoms with van der Waals surface area (Å²) < 4.78 is 25.8. The molecule has 2 rings (SSSR count). The maximum absolute atomic E-state index is 12.4. The van der Waals surface area contributed by atoms with Crippen molar-refractivity contribution in [2.75, 3.05) is 30.2 Å². The van der Waals surface area contributed by atoms with E-state index in [4.69, 9.17) is 11.6 Å². The van der Waals surface area contributed by atoms with Crippen LogP contribution in [0.3, 0.4) is 0 Å². The van der Waals surface area contributed by atoms with Gasteiger partial charge in [-0.1, -0.05) is 24.6 Å². The standard InChI is InChI=1S/C18H27ClN2O3S/c1-14-7-5-11-20(13-14)18(22)10-6-12-21(25(3,23)24)17-9-4-8-16(19)15(17)2/h4,8-9,14H,5-7,10-13H2,1-3H3/t14-/m0/s1. The number of hydrogen-bond donors (Lipinski definition) is 0. The molecule has 0 spiro atoms. The first kappa shape index (κ1) is 20.0. The van der Waals surface area contributed by atoms with Gasteiger partial charge in [0.05, 0.1) is 11.9 Å². The van der Waals surface area contributed by atoms with Crippen LogP contribution in [-0.4, -0.2) is 45.1 Å². The van der Waals surface area contributed by atoms with Gasteiger partial charge in [0.1, 0.15) is 0 Å². The molecule has 1 aliphatic heterocycles. The first-order chi connectivity index (χ1) is 11.7. The second kappa shape index (κ2) is 8.41. The predicted molar refractivity (Wildman–Crippen MR) is 103 cm³/mol. The SMILES string of the molecule is Cc1c(Cl)cccc1N(CCCC(=O)N1CCC[C@H](C)C1)S(C)(=O)=O. The molecule has 25 heavy (non-hydrogen) atoms. The fourth-order valence-electron chi connectivity index (χ4n) is 3.28. The number of likely N-dealkylation sites (tertiary alicyclic amines) is 1. The number of carbonyl (C=O) groups excluding carboxylic acids is 1. The normalized spacial score (nSPS) is 18.2. The largest absolute Gasteiger partial charge is 0.342 e. The zero-order valence-corrected chi connectivity index (χ0v) is 16.7. The third kappa shape index (κ3) is 5.35. The second-order valence-electron chi connectivity index (χ2n) is 6.91. The number of anilines is 1. The summed E-state index contributed by atoms with van der Waals surface area (Å²) in [5, 5.41) is 0.532. The minimum atomic E-state index is -3.44. The first-order valence-corrected chi connectivity index (χ1v) is 10.9. The lowest BCUT2D eigenvalue weighted by molar-refractivity contribution is -0.132. The van der Waals surface area contributed by atoms with Crippen LogP contribution in [0.25, 0.3) is 0 Å². The average Bonchev–Trinajstić information content (AvgIpc) is 2.53. The number of hydrogen-bond acceptors (Lipinski definition) is 3. The number of halogens is 1. The van der Waals surface area contributed by atoms with Crippen molar-refractivity contribution in [3.63, 3.8) is 0 Å². The van der Waals surface area contributed by atoms with Crippen LogP contribution in [-0.2, 0) is 14.8 Å². The molecule has 0 radical (unpaired) electrons. The van der Waals surface area contributed by atoms with Gasteiger partial charge in [-0.3, -0.25) is 9.10 Å². The van der Waals surface area contributed by atoms with E-state index >= 15 is 0 Å². The van der Waals surface area contributed by atoms with Gasteiger partial charge >= 0.3 is 0 Å². The van der Waals surface area contributed by atoms with Crippen molar-refractivity contribution in [3.8, 4) is 0 Å². The number of benzene rings is 1. The number of rotatable bonds is 6. The molecule has 0 N–H and O–H groups in total. The number of carbonyl (C=O) groups is 1. The summed E-state index contributed by atoms with van der Waals surface area (Å²) in [6.07, 6.45) is 4.24. The number of amides is 1. The van der Waals surface area contributed by atoms with Gasteiger partial charge < -0.3 is 4.90 Å². The lowest BCUT2D eigenvalue weighted by atomic mass is 10.00. The summed E-state index contributed by atoms with van der Waals surface area (Å²) >= 11 is 6.13.